The van der Waals surface area contributed by atoms with E-state index < -0.39 is 11.6 Å². The van der Waals surface area contributed by atoms with Gasteiger partial charge in [-0.2, -0.15) is 4.98 Å². The SMILES string of the molecule is Cc1cc(F)cc(F)c1N=C1Cc2cnc(NC3CCC(O)CC3)nc2N1[C@H]1CCOC1. The number of rotatable bonds is 4. The molecule has 0 radical (unpaired) electrons. The third-order valence-corrected chi connectivity index (χ3v) is 6.46. The third kappa shape index (κ3) is 4.19. The van der Waals surface area contributed by atoms with Gasteiger partial charge in [0.1, 0.15) is 23.2 Å². The number of benzene rings is 1. The standard InChI is InChI=1S/C23H27F2N5O2/c1-13-8-15(24)10-19(25)21(13)28-20-9-14-11-26-23(27-16-2-4-18(31)5-3-16)29-22(14)30(20)17-6-7-32-12-17/h8,10-11,16-18,31H,2-7,9,12H2,1H3,(H,26,27,29)/t16?,17-,18?/m0/s1. The van der Waals surface area contributed by atoms with Crippen molar-refractivity contribution in [2.75, 3.05) is 23.4 Å². The predicted octanol–water partition coefficient (Wildman–Crippen LogP) is 3.66. The number of nitrogens with zero attached hydrogens (tertiary/aromatic N) is 4. The van der Waals surface area contributed by atoms with E-state index in [4.69, 9.17) is 9.72 Å². The van der Waals surface area contributed by atoms with E-state index in [1.807, 2.05) is 4.90 Å². The van der Waals surface area contributed by atoms with E-state index in [-0.39, 0.29) is 23.9 Å². The predicted molar refractivity (Wildman–Crippen MR) is 118 cm³/mol. The Bertz CT molecular complexity index is 1010. The minimum Gasteiger partial charge on any atom is -0.393 e. The largest absolute Gasteiger partial charge is 0.393 e. The zero-order valence-corrected chi connectivity index (χ0v) is 18.0. The van der Waals surface area contributed by atoms with Crippen LogP contribution >= 0.6 is 0 Å². The molecule has 2 N–H and O–H groups in total. The summed E-state index contributed by atoms with van der Waals surface area (Å²) < 4.78 is 33.7. The molecule has 3 aliphatic rings. The normalized spacial score (nSPS) is 26.6. The lowest BCUT2D eigenvalue weighted by molar-refractivity contribution is 0.126. The number of hydrogen-bond acceptors (Lipinski definition) is 6. The van der Waals surface area contributed by atoms with Crippen LogP contribution in [0.5, 0.6) is 0 Å². The molecule has 2 fully saturated rings. The number of aliphatic hydroxyl groups is 1. The molecule has 5 rings (SSSR count). The molecule has 0 unspecified atom stereocenters. The van der Waals surface area contributed by atoms with E-state index in [0.29, 0.717) is 37.0 Å². The minimum atomic E-state index is -0.679. The van der Waals surface area contributed by atoms with Crippen molar-refractivity contribution in [1.82, 2.24) is 9.97 Å². The van der Waals surface area contributed by atoms with Crippen molar-refractivity contribution in [1.29, 1.82) is 0 Å². The van der Waals surface area contributed by atoms with E-state index in [1.54, 1.807) is 13.1 Å². The number of ether oxygens (including phenoxy) is 1. The number of aliphatic hydroxyl groups excluding tert-OH is 1. The third-order valence-electron chi connectivity index (χ3n) is 6.46. The number of aliphatic imine (C=N–C) groups is 1. The topological polar surface area (TPSA) is 82.9 Å². The summed E-state index contributed by atoms with van der Waals surface area (Å²) in [4.78, 5) is 15.9. The van der Waals surface area contributed by atoms with Crippen LogP contribution in [0.25, 0.3) is 0 Å². The first-order valence-corrected chi connectivity index (χ1v) is 11.2. The van der Waals surface area contributed by atoms with Crippen LogP contribution in [0.4, 0.5) is 26.2 Å². The first-order chi connectivity index (χ1) is 15.5. The Morgan fingerprint density at radius 3 is 2.72 bits per heavy atom. The molecule has 170 valence electrons. The van der Waals surface area contributed by atoms with Gasteiger partial charge in [-0.25, -0.2) is 18.8 Å². The molecule has 1 aliphatic carbocycles. The first-order valence-electron chi connectivity index (χ1n) is 11.2. The number of anilines is 2. The summed E-state index contributed by atoms with van der Waals surface area (Å²) in [6.07, 6.45) is 6.15. The second-order valence-corrected chi connectivity index (χ2v) is 8.84. The van der Waals surface area contributed by atoms with Gasteiger partial charge in [0.05, 0.1) is 18.8 Å². The van der Waals surface area contributed by atoms with Gasteiger partial charge < -0.3 is 20.1 Å². The fourth-order valence-electron chi connectivity index (χ4n) is 4.75. The highest BCUT2D eigenvalue weighted by Crippen LogP contribution is 2.35. The van der Waals surface area contributed by atoms with Crippen LogP contribution in [0.3, 0.4) is 0 Å². The zero-order chi connectivity index (χ0) is 22.2. The molecule has 7 nitrogen and oxygen atoms in total. The average molecular weight is 443 g/mol. The Morgan fingerprint density at radius 2 is 2.00 bits per heavy atom. The summed E-state index contributed by atoms with van der Waals surface area (Å²) in [5.41, 5.74) is 1.51. The second kappa shape index (κ2) is 8.71. The van der Waals surface area contributed by atoms with Gasteiger partial charge in [-0.15, -0.1) is 0 Å². The monoisotopic (exact) mass is 443 g/mol. The van der Waals surface area contributed by atoms with Crippen molar-refractivity contribution in [3.05, 3.63) is 41.1 Å². The molecule has 3 heterocycles. The maximum absolute atomic E-state index is 14.5. The summed E-state index contributed by atoms with van der Waals surface area (Å²) in [6, 6.07) is 2.42. The molecular weight excluding hydrogens is 416 g/mol. The number of fused-ring (bicyclic) bond motifs is 1. The summed E-state index contributed by atoms with van der Waals surface area (Å²) in [6.45, 7) is 2.84. The summed E-state index contributed by atoms with van der Waals surface area (Å²) in [5, 5.41) is 13.1. The van der Waals surface area contributed by atoms with E-state index in [1.165, 1.54) is 6.07 Å². The lowest BCUT2D eigenvalue weighted by Crippen LogP contribution is -2.39. The lowest BCUT2D eigenvalue weighted by atomic mass is 9.93. The molecule has 2 aliphatic heterocycles. The maximum Gasteiger partial charge on any atom is 0.224 e. The molecule has 1 atom stereocenters. The molecular formula is C23H27F2N5O2. The highest BCUT2D eigenvalue weighted by molar-refractivity contribution is 6.06. The van der Waals surface area contributed by atoms with Crippen LogP contribution in [0.15, 0.2) is 23.3 Å². The van der Waals surface area contributed by atoms with Crippen molar-refractivity contribution >= 4 is 23.3 Å². The Hall–Kier alpha value is -2.65. The summed E-state index contributed by atoms with van der Waals surface area (Å²) in [5.74, 6) is 0.668. The van der Waals surface area contributed by atoms with Crippen LogP contribution in [0.1, 0.15) is 43.2 Å². The summed E-state index contributed by atoms with van der Waals surface area (Å²) in [7, 11) is 0. The first kappa shape index (κ1) is 21.2. The quantitative estimate of drug-likeness (QED) is 0.751. The fraction of sp³-hybridized carbons (Fsp3) is 0.522. The summed E-state index contributed by atoms with van der Waals surface area (Å²) >= 11 is 0. The number of aromatic nitrogens is 2. The van der Waals surface area contributed by atoms with Gasteiger partial charge in [0.2, 0.25) is 5.95 Å². The highest BCUT2D eigenvalue weighted by atomic mass is 19.1. The molecule has 2 aromatic rings. The van der Waals surface area contributed by atoms with Crippen molar-refractivity contribution < 1.29 is 18.6 Å². The van der Waals surface area contributed by atoms with E-state index in [2.05, 4.69) is 15.3 Å². The number of hydrogen-bond donors (Lipinski definition) is 2. The van der Waals surface area contributed by atoms with Gasteiger partial charge >= 0.3 is 0 Å². The van der Waals surface area contributed by atoms with Crippen LogP contribution in [0.2, 0.25) is 0 Å². The number of nitrogens with one attached hydrogen (secondary N) is 1. The van der Waals surface area contributed by atoms with Gasteiger partial charge in [-0.3, -0.25) is 0 Å². The molecule has 1 aromatic heterocycles. The van der Waals surface area contributed by atoms with Crippen molar-refractivity contribution in [2.24, 2.45) is 4.99 Å². The zero-order valence-electron chi connectivity index (χ0n) is 18.0. The molecule has 1 saturated carbocycles. The smallest absolute Gasteiger partial charge is 0.224 e. The number of amidine groups is 1. The van der Waals surface area contributed by atoms with Gasteiger partial charge in [0.15, 0.2) is 5.82 Å². The van der Waals surface area contributed by atoms with E-state index in [0.717, 1.165) is 49.6 Å². The molecule has 1 saturated heterocycles. The fourth-order valence-corrected chi connectivity index (χ4v) is 4.75. The van der Waals surface area contributed by atoms with Crippen molar-refractivity contribution in [3.63, 3.8) is 0 Å². The van der Waals surface area contributed by atoms with E-state index in [9.17, 15) is 13.9 Å². The Kier molecular flexibility index (Phi) is 5.77. The molecule has 1 aromatic carbocycles. The van der Waals surface area contributed by atoms with Crippen LogP contribution < -0.4 is 10.2 Å². The molecule has 32 heavy (non-hydrogen) atoms. The van der Waals surface area contributed by atoms with Crippen LogP contribution in [-0.2, 0) is 11.2 Å². The van der Waals surface area contributed by atoms with Crippen molar-refractivity contribution in [3.8, 4) is 0 Å². The number of halogens is 2. The average Bonchev–Trinajstić information content (AvgIpc) is 3.39. The second-order valence-electron chi connectivity index (χ2n) is 8.84. The minimum absolute atomic E-state index is 0.0476. The Balaban J connectivity index is 1.47. The Labute approximate surface area is 185 Å². The van der Waals surface area contributed by atoms with Crippen LogP contribution in [-0.4, -0.2) is 52.3 Å². The van der Waals surface area contributed by atoms with E-state index >= 15 is 0 Å². The molecule has 9 heteroatoms. The van der Waals surface area contributed by atoms with Crippen molar-refractivity contribution in [2.45, 2.75) is 63.6 Å². The van der Waals surface area contributed by atoms with Gasteiger partial charge in [-0.05, 0) is 50.7 Å². The van der Waals surface area contributed by atoms with Gasteiger partial charge in [0.25, 0.3) is 0 Å². The van der Waals surface area contributed by atoms with Gasteiger partial charge in [0, 0.05) is 36.9 Å². The van der Waals surface area contributed by atoms with Crippen LogP contribution in [0, 0.1) is 18.6 Å². The molecule has 0 bridgehead atoms. The number of aryl methyl sites for hydroxylation is 1. The highest BCUT2D eigenvalue weighted by Gasteiger charge is 2.36. The lowest BCUT2D eigenvalue weighted by Gasteiger charge is -2.27. The molecule has 0 spiro atoms. The maximum atomic E-state index is 14.5. The molecule has 0 amide bonds. The Morgan fingerprint density at radius 1 is 1.19 bits per heavy atom. The van der Waals surface area contributed by atoms with Gasteiger partial charge in [-0.1, -0.05) is 0 Å².